The summed E-state index contributed by atoms with van der Waals surface area (Å²) in [7, 11) is 2.21. The molecule has 2 rings (SSSR count). The fourth-order valence-electron chi connectivity index (χ4n) is 2.20. The number of nitrogens with zero attached hydrogens (tertiary/aromatic N) is 3. The van der Waals surface area contributed by atoms with Gasteiger partial charge in [0, 0.05) is 18.9 Å². The van der Waals surface area contributed by atoms with E-state index in [0.717, 1.165) is 25.6 Å². The van der Waals surface area contributed by atoms with Crippen LogP contribution in [0.1, 0.15) is 12.8 Å². The topological polar surface area (TPSA) is 33.1 Å². The number of likely N-dealkylation sites (tertiary alicyclic amines) is 1. The maximum atomic E-state index is 4.18. The van der Waals surface area contributed by atoms with Gasteiger partial charge in [-0.3, -0.25) is 4.68 Å². The Hall–Kier alpha value is -0.870. The molecule has 0 aliphatic carbocycles. The molecule has 90 valence electrons. The Morgan fingerprint density at radius 2 is 2.19 bits per heavy atom. The molecule has 1 aromatic rings. The van der Waals surface area contributed by atoms with Crippen LogP contribution in [-0.4, -0.2) is 47.9 Å². The fraction of sp³-hybridized carbons (Fsp3) is 0.750. The molecule has 2 heterocycles. The van der Waals surface area contributed by atoms with Gasteiger partial charge in [-0.15, -0.1) is 0 Å². The Morgan fingerprint density at radius 1 is 1.38 bits per heavy atom. The Bertz CT molecular complexity index is 275. The van der Waals surface area contributed by atoms with E-state index in [0.29, 0.717) is 0 Å². The second-order valence-electron chi connectivity index (χ2n) is 4.72. The average molecular weight is 222 g/mol. The summed E-state index contributed by atoms with van der Waals surface area (Å²) in [6, 6.07) is 1.97. The fourth-order valence-corrected chi connectivity index (χ4v) is 2.20. The molecule has 1 aliphatic rings. The van der Waals surface area contributed by atoms with Crippen molar-refractivity contribution in [2.24, 2.45) is 5.92 Å². The first-order chi connectivity index (χ1) is 7.84. The number of hydrogen-bond acceptors (Lipinski definition) is 3. The number of hydrogen-bond donors (Lipinski definition) is 1. The van der Waals surface area contributed by atoms with Crippen LogP contribution >= 0.6 is 0 Å². The summed E-state index contributed by atoms with van der Waals surface area (Å²) in [4.78, 5) is 2.42. The average Bonchev–Trinajstić information content (AvgIpc) is 2.80. The number of piperidine rings is 1. The van der Waals surface area contributed by atoms with Gasteiger partial charge in [0.25, 0.3) is 0 Å². The van der Waals surface area contributed by atoms with Gasteiger partial charge < -0.3 is 10.2 Å². The smallest absolute Gasteiger partial charge is 0.0533 e. The van der Waals surface area contributed by atoms with E-state index in [1.165, 1.54) is 25.9 Å². The quantitative estimate of drug-likeness (QED) is 0.749. The molecule has 4 nitrogen and oxygen atoms in total. The summed E-state index contributed by atoms with van der Waals surface area (Å²) in [6.45, 7) is 5.67. The highest BCUT2D eigenvalue weighted by Gasteiger charge is 2.15. The summed E-state index contributed by atoms with van der Waals surface area (Å²) in [5.74, 6) is 0.869. The highest BCUT2D eigenvalue weighted by Crippen LogP contribution is 2.14. The summed E-state index contributed by atoms with van der Waals surface area (Å²) in [5.41, 5.74) is 0. The van der Waals surface area contributed by atoms with Crippen LogP contribution < -0.4 is 5.32 Å². The van der Waals surface area contributed by atoms with Crippen LogP contribution in [0.15, 0.2) is 18.5 Å². The summed E-state index contributed by atoms with van der Waals surface area (Å²) in [6.07, 6.45) is 6.52. The van der Waals surface area contributed by atoms with Crippen molar-refractivity contribution in [3.8, 4) is 0 Å². The molecule has 0 radical (unpaired) electrons. The predicted molar refractivity (Wildman–Crippen MR) is 65.3 cm³/mol. The third-order valence-electron chi connectivity index (χ3n) is 3.35. The minimum absolute atomic E-state index is 0.869. The van der Waals surface area contributed by atoms with Gasteiger partial charge in [0.1, 0.15) is 0 Å². The highest BCUT2D eigenvalue weighted by atomic mass is 15.3. The number of aromatic nitrogens is 2. The molecule has 16 heavy (non-hydrogen) atoms. The lowest BCUT2D eigenvalue weighted by Crippen LogP contribution is -2.35. The van der Waals surface area contributed by atoms with E-state index in [9.17, 15) is 0 Å². The van der Waals surface area contributed by atoms with Crippen molar-refractivity contribution in [3.63, 3.8) is 0 Å². The minimum atomic E-state index is 0.869. The molecular formula is C12H22N4. The molecule has 1 N–H and O–H groups in total. The van der Waals surface area contributed by atoms with Crippen LogP contribution in [0, 0.1) is 5.92 Å². The normalized spacial score (nSPS) is 19.1. The van der Waals surface area contributed by atoms with E-state index >= 15 is 0 Å². The molecular weight excluding hydrogens is 200 g/mol. The van der Waals surface area contributed by atoms with E-state index in [1.54, 1.807) is 0 Å². The lowest BCUT2D eigenvalue weighted by atomic mass is 9.97. The standard InChI is InChI=1S/C12H22N4/c1-15-8-3-12(4-9-15)11-13-6-10-16-7-2-5-14-16/h2,5,7,12-13H,3-4,6,8-11H2,1H3. The van der Waals surface area contributed by atoms with Crippen molar-refractivity contribution in [3.05, 3.63) is 18.5 Å². The first-order valence-corrected chi connectivity index (χ1v) is 6.21. The molecule has 0 unspecified atom stereocenters. The molecule has 1 saturated heterocycles. The molecule has 0 aromatic carbocycles. The van der Waals surface area contributed by atoms with Gasteiger partial charge in [0.15, 0.2) is 0 Å². The van der Waals surface area contributed by atoms with Crippen LogP contribution in [0.25, 0.3) is 0 Å². The van der Waals surface area contributed by atoms with Crippen LogP contribution in [-0.2, 0) is 6.54 Å². The van der Waals surface area contributed by atoms with E-state index in [2.05, 4.69) is 22.4 Å². The van der Waals surface area contributed by atoms with Crippen molar-refractivity contribution in [1.29, 1.82) is 0 Å². The monoisotopic (exact) mass is 222 g/mol. The molecule has 0 bridgehead atoms. The van der Waals surface area contributed by atoms with Crippen molar-refractivity contribution in [1.82, 2.24) is 20.0 Å². The van der Waals surface area contributed by atoms with Crippen molar-refractivity contribution in [2.45, 2.75) is 19.4 Å². The van der Waals surface area contributed by atoms with Gasteiger partial charge in [-0.05, 0) is 51.5 Å². The number of rotatable bonds is 5. The lowest BCUT2D eigenvalue weighted by Gasteiger charge is -2.29. The van der Waals surface area contributed by atoms with Crippen molar-refractivity contribution < 1.29 is 0 Å². The molecule has 0 saturated carbocycles. The minimum Gasteiger partial charge on any atom is -0.315 e. The van der Waals surface area contributed by atoms with E-state index < -0.39 is 0 Å². The maximum Gasteiger partial charge on any atom is 0.0533 e. The van der Waals surface area contributed by atoms with Crippen molar-refractivity contribution >= 4 is 0 Å². The van der Waals surface area contributed by atoms with Gasteiger partial charge in [-0.1, -0.05) is 0 Å². The first kappa shape index (κ1) is 11.6. The van der Waals surface area contributed by atoms with Crippen LogP contribution in [0.5, 0.6) is 0 Å². The van der Waals surface area contributed by atoms with E-state index in [-0.39, 0.29) is 0 Å². The molecule has 0 spiro atoms. The van der Waals surface area contributed by atoms with Crippen LogP contribution in [0.4, 0.5) is 0 Å². The summed E-state index contributed by atoms with van der Waals surface area (Å²) in [5, 5.41) is 7.71. The Labute approximate surface area is 97.6 Å². The van der Waals surface area contributed by atoms with Crippen LogP contribution in [0.2, 0.25) is 0 Å². The molecule has 1 aromatic heterocycles. The predicted octanol–water partition coefficient (Wildman–Crippen LogP) is 0.814. The zero-order valence-electron chi connectivity index (χ0n) is 10.1. The zero-order chi connectivity index (χ0) is 11.2. The van der Waals surface area contributed by atoms with Crippen LogP contribution in [0.3, 0.4) is 0 Å². The number of nitrogens with one attached hydrogen (secondary N) is 1. The van der Waals surface area contributed by atoms with Gasteiger partial charge in [0.2, 0.25) is 0 Å². The van der Waals surface area contributed by atoms with Gasteiger partial charge in [-0.2, -0.15) is 5.10 Å². The second-order valence-corrected chi connectivity index (χ2v) is 4.72. The van der Waals surface area contributed by atoms with Gasteiger partial charge in [-0.25, -0.2) is 0 Å². The third-order valence-corrected chi connectivity index (χ3v) is 3.35. The third kappa shape index (κ3) is 3.61. The Kier molecular flexibility index (Phi) is 4.36. The molecule has 1 fully saturated rings. The van der Waals surface area contributed by atoms with Crippen molar-refractivity contribution in [2.75, 3.05) is 33.2 Å². The Balaban J connectivity index is 1.55. The molecule has 0 amide bonds. The first-order valence-electron chi connectivity index (χ1n) is 6.21. The van der Waals surface area contributed by atoms with E-state index in [4.69, 9.17) is 0 Å². The SMILES string of the molecule is CN1CCC(CNCCn2cccn2)CC1. The molecule has 4 heteroatoms. The van der Waals surface area contributed by atoms with Gasteiger partial charge in [0.05, 0.1) is 6.54 Å². The highest BCUT2D eigenvalue weighted by molar-refractivity contribution is 4.78. The summed E-state index contributed by atoms with van der Waals surface area (Å²) < 4.78 is 1.97. The molecule has 0 atom stereocenters. The summed E-state index contributed by atoms with van der Waals surface area (Å²) >= 11 is 0. The second kappa shape index (κ2) is 6.01. The molecule has 1 aliphatic heterocycles. The maximum absolute atomic E-state index is 4.18. The largest absolute Gasteiger partial charge is 0.315 e. The Morgan fingerprint density at radius 3 is 2.88 bits per heavy atom. The van der Waals surface area contributed by atoms with Gasteiger partial charge >= 0.3 is 0 Å². The van der Waals surface area contributed by atoms with E-state index in [1.807, 2.05) is 23.1 Å². The lowest BCUT2D eigenvalue weighted by molar-refractivity contribution is 0.216. The zero-order valence-corrected chi connectivity index (χ0v) is 10.1.